The molecule has 26 heavy (non-hydrogen) atoms. The van der Waals surface area contributed by atoms with Gasteiger partial charge in [-0.3, -0.25) is 4.99 Å². The fourth-order valence-corrected chi connectivity index (χ4v) is 4.06. The Kier molecular flexibility index (Phi) is 7.10. The number of carbonyl (C=O) groups is 1. The number of hydrogen-bond donors (Lipinski definition) is 2. The molecule has 0 spiro atoms. The zero-order chi connectivity index (χ0) is 19.3. The Labute approximate surface area is 161 Å². The number of thiazole rings is 2. The van der Waals surface area contributed by atoms with Crippen molar-refractivity contribution in [3.8, 4) is 0 Å². The number of ether oxygens (including phenoxy) is 1. The first-order chi connectivity index (χ1) is 12.3. The first kappa shape index (κ1) is 20.3. The first-order valence-electron chi connectivity index (χ1n) is 8.40. The van der Waals surface area contributed by atoms with Crippen molar-refractivity contribution in [2.24, 2.45) is 4.99 Å². The van der Waals surface area contributed by atoms with E-state index in [9.17, 15) is 4.79 Å². The summed E-state index contributed by atoms with van der Waals surface area (Å²) < 4.78 is 5.07. The smallest absolute Gasteiger partial charge is 0.350 e. The van der Waals surface area contributed by atoms with Crippen LogP contribution in [0, 0.1) is 20.8 Å². The van der Waals surface area contributed by atoms with Gasteiger partial charge in [-0.15, -0.1) is 22.7 Å². The number of nitrogens with zero attached hydrogens (tertiary/aromatic N) is 3. The molecule has 0 saturated carbocycles. The zero-order valence-corrected chi connectivity index (χ0v) is 17.6. The number of aliphatic imine (C=N–C) groups is 1. The normalized spacial score (nSPS) is 12.8. The molecule has 0 aliphatic rings. The van der Waals surface area contributed by atoms with Gasteiger partial charge < -0.3 is 15.4 Å². The molecular formula is C17H25N5O2S2. The van der Waals surface area contributed by atoms with Crippen LogP contribution in [0.3, 0.4) is 0 Å². The third kappa shape index (κ3) is 5.01. The highest BCUT2D eigenvalue weighted by Crippen LogP contribution is 2.24. The van der Waals surface area contributed by atoms with Gasteiger partial charge in [-0.1, -0.05) is 0 Å². The molecule has 2 heterocycles. The van der Waals surface area contributed by atoms with Crippen LogP contribution in [0.1, 0.15) is 55.8 Å². The van der Waals surface area contributed by atoms with Crippen molar-refractivity contribution in [1.82, 2.24) is 20.6 Å². The predicted molar refractivity (Wildman–Crippen MR) is 106 cm³/mol. The lowest BCUT2D eigenvalue weighted by atomic mass is 10.3. The highest BCUT2D eigenvalue weighted by atomic mass is 32.1. The Morgan fingerprint density at radius 3 is 2.54 bits per heavy atom. The number of aryl methyl sites for hydroxylation is 3. The van der Waals surface area contributed by atoms with Gasteiger partial charge in [0.2, 0.25) is 0 Å². The lowest BCUT2D eigenvalue weighted by Crippen LogP contribution is -2.38. The van der Waals surface area contributed by atoms with Gasteiger partial charge in [-0.25, -0.2) is 14.8 Å². The largest absolute Gasteiger partial charge is 0.462 e. The maximum atomic E-state index is 12.0. The molecule has 2 aromatic rings. The Hall–Kier alpha value is -2.00. The van der Waals surface area contributed by atoms with E-state index in [2.05, 4.69) is 32.5 Å². The van der Waals surface area contributed by atoms with E-state index in [1.807, 2.05) is 20.8 Å². The molecule has 0 bridgehead atoms. The lowest BCUT2D eigenvalue weighted by Gasteiger charge is -2.15. The van der Waals surface area contributed by atoms with Crippen LogP contribution >= 0.6 is 22.7 Å². The maximum absolute atomic E-state index is 12.0. The minimum atomic E-state index is -0.321. The molecule has 0 aliphatic heterocycles. The summed E-state index contributed by atoms with van der Waals surface area (Å²) in [6, 6.07) is -0.0900. The summed E-state index contributed by atoms with van der Waals surface area (Å²) >= 11 is 3.02. The van der Waals surface area contributed by atoms with Crippen LogP contribution in [0.25, 0.3) is 0 Å². The number of carbonyl (C=O) groups excluding carboxylic acids is 1. The molecular weight excluding hydrogens is 370 g/mol. The van der Waals surface area contributed by atoms with E-state index in [1.165, 1.54) is 16.2 Å². The van der Waals surface area contributed by atoms with Gasteiger partial charge in [0.15, 0.2) is 5.96 Å². The lowest BCUT2D eigenvalue weighted by molar-refractivity contribution is 0.0531. The maximum Gasteiger partial charge on any atom is 0.350 e. The standard InChI is InChI=1S/C17H25N5O2S2/c1-7-24-16(23)14-10(3)21-15(26-14)11(4)22-17(18-6)19-8-13-20-9(2)12(5)25-13/h11H,7-8H2,1-6H3,(H2,18,19,22). The number of guanidine groups is 1. The summed E-state index contributed by atoms with van der Waals surface area (Å²) in [5, 5.41) is 8.39. The van der Waals surface area contributed by atoms with Crippen LogP contribution in [-0.4, -0.2) is 35.6 Å². The van der Waals surface area contributed by atoms with E-state index in [4.69, 9.17) is 4.74 Å². The van der Waals surface area contributed by atoms with Gasteiger partial charge >= 0.3 is 5.97 Å². The van der Waals surface area contributed by atoms with Crippen LogP contribution < -0.4 is 10.6 Å². The number of nitrogens with one attached hydrogen (secondary N) is 2. The molecule has 142 valence electrons. The summed E-state index contributed by atoms with van der Waals surface area (Å²) in [6.07, 6.45) is 0. The second-order valence-corrected chi connectivity index (χ2v) is 8.05. The summed E-state index contributed by atoms with van der Waals surface area (Å²) in [5.74, 6) is 0.339. The van der Waals surface area contributed by atoms with Gasteiger partial charge in [0, 0.05) is 11.9 Å². The van der Waals surface area contributed by atoms with E-state index in [-0.39, 0.29) is 12.0 Å². The van der Waals surface area contributed by atoms with Gasteiger partial charge in [0.1, 0.15) is 14.9 Å². The molecule has 7 nitrogen and oxygen atoms in total. The Morgan fingerprint density at radius 1 is 1.23 bits per heavy atom. The topological polar surface area (TPSA) is 88.5 Å². The minimum absolute atomic E-state index is 0.0900. The average molecular weight is 396 g/mol. The first-order valence-corrected chi connectivity index (χ1v) is 10.0. The summed E-state index contributed by atoms with van der Waals surface area (Å²) in [6.45, 7) is 10.6. The summed E-state index contributed by atoms with van der Waals surface area (Å²) in [5.41, 5.74) is 1.75. The monoisotopic (exact) mass is 395 g/mol. The molecule has 1 atom stereocenters. The van der Waals surface area contributed by atoms with Gasteiger partial charge in [-0.05, 0) is 34.6 Å². The summed E-state index contributed by atoms with van der Waals surface area (Å²) in [7, 11) is 1.72. The molecule has 1 unspecified atom stereocenters. The van der Waals surface area contributed by atoms with Crippen LogP contribution in [0.5, 0.6) is 0 Å². The van der Waals surface area contributed by atoms with Crippen LogP contribution in [0.2, 0.25) is 0 Å². The van der Waals surface area contributed by atoms with Crippen molar-refractivity contribution >= 4 is 34.6 Å². The van der Waals surface area contributed by atoms with Gasteiger partial charge in [-0.2, -0.15) is 0 Å². The predicted octanol–water partition coefficient (Wildman–Crippen LogP) is 3.13. The van der Waals surface area contributed by atoms with Crippen LogP contribution in [-0.2, 0) is 11.3 Å². The van der Waals surface area contributed by atoms with Crippen LogP contribution in [0.4, 0.5) is 0 Å². The molecule has 2 N–H and O–H groups in total. The van der Waals surface area contributed by atoms with Crippen molar-refractivity contribution < 1.29 is 9.53 Å². The fourth-order valence-electron chi connectivity index (χ4n) is 2.22. The van der Waals surface area contributed by atoms with Crippen molar-refractivity contribution in [3.63, 3.8) is 0 Å². The highest BCUT2D eigenvalue weighted by Gasteiger charge is 2.20. The molecule has 9 heteroatoms. The molecule has 2 aromatic heterocycles. The van der Waals surface area contributed by atoms with E-state index < -0.39 is 0 Å². The van der Waals surface area contributed by atoms with Gasteiger partial charge in [0.05, 0.1) is 30.6 Å². The molecule has 0 radical (unpaired) electrons. The minimum Gasteiger partial charge on any atom is -0.462 e. The molecule has 0 saturated heterocycles. The average Bonchev–Trinajstić information content (AvgIpc) is 3.14. The fraction of sp³-hybridized carbons (Fsp3) is 0.529. The Morgan fingerprint density at radius 2 is 1.96 bits per heavy atom. The summed E-state index contributed by atoms with van der Waals surface area (Å²) in [4.78, 5) is 27.0. The molecule has 0 aliphatic carbocycles. The second kappa shape index (κ2) is 9.09. The SMILES string of the molecule is CCOC(=O)c1sc(C(C)NC(=NC)NCc2nc(C)c(C)s2)nc1C. The van der Waals surface area contributed by atoms with Crippen molar-refractivity contribution in [1.29, 1.82) is 0 Å². The van der Waals surface area contributed by atoms with Gasteiger partial charge in [0.25, 0.3) is 0 Å². The third-order valence-electron chi connectivity index (χ3n) is 3.70. The molecule has 0 amide bonds. The van der Waals surface area contributed by atoms with Crippen LogP contribution in [0.15, 0.2) is 4.99 Å². The molecule has 2 rings (SSSR count). The third-order valence-corrected chi connectivity index (χ3v) is 6.09. The van der Waals surface area contributed by atoms with Crippen molar-refractivity contribution in [2.45, 2.75) is 47.2 Å². The number of esters is 1. The van der Waals surface area contributed by atoms with Crippen molar-refractivity contribution in [2.75, 3.05) is 13.7 Å². The Balaban J connectivity index is 1.99. The number of hydrogen-bond acceptors (Lipinski definition) is 7. The van der Waals surface area contributed by atoms with E-state index >= 15 is 0 Å². The number of rotatable bonds is 6. The number of aromatic nitrogens is 2. The molecule has 0 aromatic carbocycles. The Bertz CT molecular complexity index is 778. The van der Waals surface area contributed by atoms with E-state index in [0.29, 0.717) is 29.7 Å². The quantitative estimate of drug-likeness (QED) is 0.444. The van der Waals surface area contributed by atoms with E-state index in [1.54, 1.807) is 25.3 Å². The van der Waals surface area contributed by atoms with E-state index in [0.717, 1.165) is 15.7 Å². The highest BCUT2D eigenvalue weighted by molar-refractivity contribution is 7.13. The second-order valence-electron chi connectivity index (χ2n) is 5.73. The van der Waals surface area contributed by atoms with Crippen molar-refractivity contribution in [3.05, 3.63) is 31.2 Å². The molecule has 0 fully saturated rings. The zero-order valence-electron chi connectivity index (χ0n) is 16.0.